The van der Waals surface area contributed by atoms with Crippen molar-refractivity contribution in [1.29, 1.82) is 0 Å². The first-order chi connectivity index (χ1) is 15.0. The summed E-state index contributed by atoms with van der Waals surface area (Å²) in [6.45, 7) is 1.77. The standard InChI is InChI=1S/C23H24N2O6/c1-2-30-21(27)12-7-13-24-20(26)15-31-22(28)14-25-18-10-5-3-8-16(18)23(29)17-9-4-6-11-19(17)25/h3-6,8-11H,2,7,12-15H2,1H3,(H,24,26). The average molecular weight is 424 g/mol. The molecule has 0 unspecified atom stereocenters. The molecule has 8 nitrogen and oxygen atoms in total. The van der Waals surface area contributed by atoms with E-state index in [0.717, 1.165) is 0 Å². The first-order valence-electron chi connectivity index (χ1n) is 10.1. The summed E-state index contributed by atoms with van der Waals surface area (Å²) in [6.07, 6.45) is 0.647. The number of nitrogens with one attached hydrogen (secondary N) is 1. The molecule has 3 aromatic rings. The predicted octanol–water partition coefficient (Wildman–Crippen LogP) is 2.16. The number of ether oxygens (including phenoxy) is 2. The monoisotopic (exact) mass is 424 g/mol. The smallest absolute Gasteiger partial charge is 0.326 e. The first kappa shape index (κ1) is 22.0. The molecule has 3 rings (SSSR count). The summed E-state index contributed by atoms with van der Waals surface area (Å²) in [5.74, 6) is -1.36. The van der Waals surface area contributed by atoms with Crippen LogP contribution in [0.1, 0.15) is 19.8 Å². The second-order valence-corrected chi connectivity index (χ2v) is 6.87. The first-order valence-corrected chi connectivity index (χ1v) is 10.1. The number of rotatable bonds is 9. The van der Waals surface area contributed by atoms with Crippen molar-refractivity contribution in [3.63, 3.8) is 0 Å². The van der Waals surface area contributed by atoms with E-state index in [2.05, 4.69) is 5.32 Å². The molecule has 1 heterocycles. The highest BCUT2D eigenvalue weighted by atomic mass is 16.5. The van der Waals surface area contributed by atoms with E-state index in [4.69, 9.17) is 9.47 Å². The molecule has 0 aliphatic carbocycles. The second kappa shape index (κ2) is 10.4. The quantitative estimate of drug-likeness (QED) is 0.321. The molecule has 162 valence electrons. The minimum atomic E-state index is -0.597. The number of amides is 1. The number of nitrogens with zero attached hydrogens (tertiary/aromatic N) is 1. The summed E-state index contributed by atoms with van der Waals surface area (Å²) < 4.78 is 11.6. The summed E-state index contributed by atoms with van der Waals surface area (Å²) >= 11 is 0. The van der Waals surface area contributed by atoms with Gasteiger partial charge in [0.2, 0.25) is 0 Å². The molecule has 0 radical (unpaired) electrons. The molecule has 31 heavy (non-hydrogen) atoms. The van der Waals surface area contributed by atoms with Gasteiger partial charge in [-0.25, -0.2) is 0 Å². The summed E-state index contributed by atoms with van der Waals surface area (Å²) in [4.78, 5) is 48.3. The third-order valence-electron chi connectivity index (χ3n) is 4.72. The topological polar surface area (TPSA) is 104 Å². The van der Waals surface area contributed by atoms with Crippen LogP contribution in [0.4, 0.5) is 0 Å². The van der Waals surface area contributed by atoms with Crippen LogP contribution >= 0.6 is 0 Å². The van der Waals surface area contributed by atoms with Gasteiger partial charge in [0.25, 0.3) is 5.91 Å². The molecular formula is C23H24N2O6. The Hall–Kier alpha value is -3.68. The van der Waals surface area contributed by atoms with Gasteiger partial charge in [-0.1, -0.05) is 24.3 Å². The highest BCUT2D eigenvalue weighted by Gasteiger charge is 2.14. The normalized spacial score (nSPS) is 10.7. The minimum Gasteiger partial charge on any atom is -0.466 e. The van der Waals surface area contributed by atoms with Crippen molar-refractivity contribution in [2.45, 2.75) is 26.3 Å². The molecular weight excluding hydrogens is 400 g/mol. The molecule has 0 aliphatic rings. The molecule has 0 aliphatic heterocycles. The number of hydrogen-bond donors (Lipinski definition) is 1. The van der Waals surface area contributed by atoms with Crippen LogP contribution in [0.15, 0.2) is 53.3 Å². The lowest BCUT2D eigenvalue weighted by atomic mass is 10.1. The Morgan fingerprint density at radius 2 is 1.52 bits per heavy atom. The summed E-state index contributed by atoms with van der Waals surface area (Å²) in [6, 6.07) is 14.1. The molecule has 0 fully saturated rings. The van der Waals surface area contributed by atoms with E-state index in [1.807, 2.05) is 0 Å². The van der Waals surface area contributed by atoms with Gasteiger partial charge in [-0.15, -0.1) is 0 Å². The molecule has 1 N–H and O–H groups in total. The highest BCUT2D eigenvalue weighted by molar-refractivity contribution is 5.94. The van der Waals surface area contributed by atoms with Crippen LogP contribution in [0.25, 0.3) is 21.8 Å². The Bertz CT molecular complexity index is 1110. The van der Waals surface area contributed by atoms with E-state index >= 15 is 0 Å². The summed E-state index contributed by atoms with van der Waals surface area (Å²) in [5.41, 5.74) is 1.14. The van der Waals surface area contributed by atoms with Crippen molar-refractivity contribution in [2.75, 3.05) is 19.8 Å². The van der Waals surface area contributed by atoms with Crippen LogP contribution in [0.2, 0.25) is 0 Å². The molecule has 1 amide bonds. The summed E-state index contributed by atoms with van der Waals surface area (Å²) in [7, 11) is 0. The average Bonchev–Trinajstić information content (AvgIpc) is 2.78. The number of benzene rings is 2. The van der Waals surface area contributed by atoms with E-state index in [1.54, 1.807) is 60.0 Å². The lowest BCUT2D eigenvalue weighted by Crippen LogP contribution is -2.30. The van der Waals surface area contributed by atoms with Crippen LogP contribution in [0, 0.1) is 0 Å². The van der Waals surface area contributed by atoms with Crippen LogP contribution in [0.5, 0.6) is 0 Å². The third-order valence-corrected chi connectivity index (χ3v) is 4.72. The maximum absolute atomic E-state index is 12.7. The molecule has 1 aromatic heterocycles. The number of fused-ring (bicyclic) bond motifs is 2. The van der Waals surface area contributed by atoms with E-state index in [1.165, 1.54) is 0 Å². The number of esters is 2. The predicted molar refractivity (Wildman–Crippen MR) is 116 cm³/mol. The second-order valence-electron chi connectivity index (χ2n) is 6.87. The Morgan fingerprint density at radius 3 is 2.13 bits per heavy atom. The SMILES string of the molecule is CCOC(=O)CCCNC(=O)COC(=O)Cn1c2ccccc2c(=O)c2ccccc21. The number of carbonyl (C=O) groups excluding carboxylic acids is 3. The van der Waals surface area contributed by atoms with Crippen molar-refractivity contribution < 1.29 is 23.9 Å². The fourth-order valence-corrected chi connectivity index (χ4v) is 3.31. The fraction of sp³-hybridized carbons (Fsp3) is 0.304. The van der Waals surface area contributed by atoms with Crippen molar-refractivity contribution in [3.05, 3.63) is 58.8 Å². The van der Waals surface area contributed by atoms with Crippen LogP contribution < -0.4 is 10.7 Å². The third kappa shape index (κ3) is 5.48. The van der Waals surface area contributed by atoms with Gasteiger partial charge < -0.3 is 19.4 Å². The Morgan fingerprint density at radius 1 is 0.903 bits per heavy atom. The van der Waals surface area contributed by atoms with Gasteiger partial charge in [-0.05, 0) is 37.6 Å². The Balaban J connectivity index is 1.62. The zero-order chi connectivity index (χ0) is 22.2. The number of pyridine rings is 1. The molecule has 0 atom stereocenters. The maximum atomic E-state index is 12.7. The van der Waals surface area contributed by atoms with Crippen molar-refractivity contribution >= 4 is 39.7 Å². The van der Waals surface area contributed by atoms with E-state index in [-0.39, 0.29) is 30.9 Å². The van der Waals surface area contributed by atoms with Gasteiger partial charge >= 0.3 is 11.9 Å². The largest absolute Gasteiger partial charge is 0.466 e. The number of aromatic nitrogens is 1. The van der Waals surface area contributed by atoms with Crippen LogP contribution in [0.3, 0.4) is 0 Å². The number of carbonyl (C=O) groups is 3. The van der Waals surface area contributed by atoms with Crippen molar-refractivity contribution in [3.8, 4) is 0 Å². The molecule has 0 saturated heterocycles. The zero-order valence-electron chi connectivity index (χ0n) is 17.3. The molecule has 0 saturated carbocycles. The number of hydrogen-bond acceptors (Lipinski definition) is 6. The Labute approximate surface area is 178 Å². The van der Waals surface area contributed by atoms with E-state index in [9.17, 15) is 19.2 Å². The highest BCUT2D eigenvalue weighted by Crippen LogP contribution is 2.19. The van der Waals surface area contributed by atoms with Crippen LogP contribution in [-0.4, -0.2) is 42.2 Å². The van der Waals surface area contributed by atoms with Gasteiger partial charge in [-0.3, -0.25) is 19.2 Å². The van der Waals surface area contributed by atoms with Gasteiger partial charge in [0.05, 0.1) is 17.6 Å². The van der Waals surface area contributed by atoms with Crippen molar-refractivity contribution in [2.24, 2.45) is 0 Å². The van der Waals surface area contributed by atoms with Crippen molar-refractivity contribution in [1.82, 2.24) is 9.88 Å². The van der Waals surface area contributed by atoms with E-state index in [0.29, 0.717) is 34.8 Å². The lowest BCUT2D eigenvalue weighted by molar-refractivity contribution is -0.149. The maximum Gasteiger partial charge on any atom is 0.326 e. The van der Waals surface area contributed by atoms with Gasteiger partial charge in [0.15, 0.2) is 12.0 Å². The minimum absolute atomic E-state index is 0.0991. The zero-order valence-corrected chi connectivity index (χ0v) is 17.3. The molecule has 0 spiro atoms. The lowest BCUT2D eigenvalue weighted by Gasteiger charge is -2.14. The fourth-order valence-electron chi connectivity index (χ4n) is 3.31. The molecule has 0 bridgehead atoms. The summed E-state index contributed by atoms with van der Waals surface area (Å²) in [5, 5.41) is 3.61. The molecule has 2 aromatic carbocycles. The van der Waals surface area contributed by atoms with Gasteiger partial charge in [-0.2, -0.15) is 0 Å². The van der Waals surface area contributed by atoms with E-state index < -0.39 is 18.5 Å². The van der Waals surface area contributed by atoms with Crippen LogP contribution in [-0.2, 0) is 30.4 Å². The Kier molecular flexibility index (Phi) is 7.37. The van der Waals surface area contributed by atoms with Gasteiger partial charge in [0.1, 0.15) is 6.54 Å². The number of para-hydroxylation sites is 2. The molecule has 8 heteroatoms. The van der Waals surface area contributed by atoms with Gasteiger partial charge in [0, 0.05) is 23.7 Å².